The van der Waals surface area contributed by atoms with Gasteiger partial charge in [-0.15, -0.1) is 0 Å². The SMILES string of the molecule is CCOc1ccc(C(C)NC(=O)CCc2ccccc2O)cc1. The zero-order chi connectivity index (χ0) is 16.7. The van der Waals surface area contributed by atoms with Crippen LogP contribution in [-0.2, 0) is 11.2 Å². The van der Waals surface area contributed by atoms with Crippen molar-refractivity contribution in [1.82, 2.24) is 5.32 Å². The van der Waals surface area contributed by atoms with Crippen molar-refractivity contribution < 1.29 is 14.6 Å². The van der Waals surface area contributed by atoms with Gasteiger partial charge in [0.25, 0.3) is 0 Å². The second-order valence-corrected chi connectivity index (χ2v) is 5.42. The number of ether oxygens (including phenoxy) is 1. The molecule has 1 amide bonds. The fourth-order valence-electron chi connectivity index (χ4n) is 2.39. The van der Waals surface area contributed by atoms with Gasteiger partial charge in [0.1, 0.15) is 11.5 Å². The second-order valence-electron chi connectivity index (χ2n) is 5.42. The quantitative estimate of drug-likeness (QED) is 0.821. The first-order valence-corrected chi connectivity index (χ1v) is 7.89. The number of carbonyl (C=O) groups excluding carboxylic acids is 1. The standard InChI is InChI=1S/C19H23NO3/c1-3-23-17-11-8-15(9-12-17)14(2)20-19(22)13-10-16-6-4-5-7-18(16)21/h4-9,11-12,14,21H,3,10,13H2,1-2H3,(H,20,22). The highest BCUT2D eigenvalue weighted by atomic mass is 16.5. The van der Waals surface area contributed by atoms with E-state index in [1.807, 2.05) is 50.2 Å². The molecule has 4 nitrogen and oxygen atoms in total. The minimum absolute atomic E-state index is 0.0327. The van der Waals surface area contributed by atoms with Crippen molar-refractivity contribution in [2.24, 2.45) is 0 Å². The molecule has 4 heteroatoms. The van der Waals surface area contributed by atoms with Crippen LogP contribution >= 0.6 is 0 Å². The summed E-state index contributed by atoms with van der Waals surface area (Å²) in [5.41, 5.74) is 1.82. The molecule has 2 N–H and O–H groups in total. The average Bonchev–Trinajstić information content (AvgIpc) is 2.55. The molecule has 0 spiro atoms. The van der Waals surface area contributed by atoms with Gasteiger partial charge in [0.15, 0.2) is 0 Å². The van der Waals surface area contributed by atoms with Gasteiger partial charge in [0, 0.05) is 6.42 Å². The number of nitrogens with one attached hydrogen (secondary N) is 1. The van der Waals surface area contributed by atoms with Crippen LogP contribution in [0.3, 0.4) is 0 Å². The molecule has 0 fully saturated rings. The summed E-state index contributed by atoms with van der Waals surface area (Å²) in [6.07, 6.45) is 0.868. The molecule has 2 aromatic carbocycles. The number of amides is 1. The van der Waals surface area contributed by atoms with Gasteiger partial charge in [-0.3, -0.25) is 4.79 Å². The van der Waals surface area contributed by atoms with Gasteiger partial charge < -0.3 is 15.2 Å². The van der Waals surface area contributed by atoms with E-state index >= 15 is 0 Å². The Balaban J connectivity index is 1.85. The van der Waals surface area contributed by atoms with Crippen molar-refractivity contribution >= 4 is 5.91 Å². The highest BCUT2D eigenvalue weighted by Crippen LogP contribution is 2.19. The van der Waals surface area contributed by atoms with Crippen LogP contribution in [0.4, 0.5) is 0 Å². The second kappa shape index (κ2) is 8.22. The Hall–Kier alpha value is -2.49. The summed E-state index contributed by atoms with van der Waals surface area (Å²) in [4.78, 5) is 12.1. The third kappa shape index (κ3) is 5.02. The van der Waals surface area contributed by atoms with Crippen molar-refractivity contribution in [2.75, 3.05) is 6.61 Å². The van der Waals surface area contributed by atoms with Gasteiger partial charge in [-0.1, -0.05) is 30.3 Å². The number of hydrogen-bond acceptors (Lipinski definition) is 3. The van der Waals surface area contributed by atoms with E-state index in [9.17, 15) is 9.90 Å². The molecule has 23 heavy (non-hydrogen) atoms. The number of phenolic OH excluding ortho intramolecular Hbond substituents is 1. The third-order valence-electron chi connectivity index (χ3n) is 3.68. The van der Waals surface area contributed by atoms with Gasteiger partial charge >= 0.3 is 0 Å². The monoisotopic (exact) mass is 313 g/mol. The number of carbonyl (C=O) groups is 1. The highest BCUT2D eigenvalue weighted by molar-refractivity contribution is 5.76. The zero-order valence-corrected chi connectivity index (χ0v) is 13.6. The van der Waals surface area contributed by atoms with Gasteiger partial charge in [0.05, 0.1) is 12.6 Å². The number of aryl methyl sites for hydroxylation is 1. The molecule has 0 aliphatic heterocycles. The normalized spacial score (nSPS) is 11.7. The minimum Gasteiger partial charge on any atom is -0.508 e. The molecule has 0 aromatic heterocycles. The predicted octanol–water partition coefficient (Wildman–Crippen LogP) is 3.60. The maximum Gasteiger partial charge on any atom is 0.220 e. The molecule has 0 aliphatic carbocycles. The summed E-state index contributed by atoms with van der Waals surface area (Å²) >= 11 is 0. The zero-order valence-electron chi connectivity index (χ0n) is 13.6. The lowest BCUT2D eigenvalue weighted by Gasteiger charge is -2.15. The van der Waals surface area contributed by atoms with Crippen molar-refractivity contribution in [3.63, 3.8) is 0 Å². The summed E-state index contributed by atoms with van der Waals surface area (Å²) in [5.74, 6) is 1.03. The number of hydrogen-bond donors (Lipinski definition) is 2. The molecular formula is C19H23NO3. The van der Waals surface area contributed by atoms with Crippen LogP contribution in [0.25, 0.3) is 0 Å². The predicted molar refractivity (Wildman–Crippen MR) is 90.6 cm³/mol. The van der Waals surface area contributed by atoms with Gasteiger partial charge in [-0.2, -0.15) is 0 Å². The van der Waals surface area contributed by atoms with Crippen molar-refractivity contribution in [2.45, 2.75) is 32.7 Å². The van der Waals surface area contributed by atoms with Gasteiger partial charge in [0.2, 0.25) is 5.91 Å². The molecule has 2 rings (SSSR count). The summed E-state index contributed by atoms with van der Waals surface area (Å²) in [6, 6.07) is 14.8. The summed E-state index contributed by atoms with van der Waals surface area (Å²) in [6.45, 7) is 4.53. The number of rotatable bonds is 7. The first-order valence-electron chi connectivity index (χ1n) is 7.89. The Labute approximate surface area is 137 Å². The lowest BCUT2D eigenvalue weighted by atomic mass is 10.1. The molecule has 122 valence electrons. The lowest BCUT2D eigenvalue weighted by molar-refractivity contribution is -0.121. The molecule has 0 saturated heterocycles. The maximum absolute atomic E-state index is 12.1. The number of para-hydroxylation sites is 1. The minimum atomic E-state index is -0.0671. The molecule has 0 radical (unpaired) electrons. The fourth-order valence-corrected chi connectivity index (χ4v) is 2.39. The average molecular weight is 313 g/mol. The van der Waals surface area contributed by atoms with Crippen molar-refractivity contribution in [3.8, 4) is 11.5 Å². The van der Waals surface area contributed by atoms with E-state index in [1.165, 1.54) is 0 Å². The van der Waals surface area contributed by atoms with E-state index in [0.29, 0.717) is 19.4 Å². The van der Waals surface area contributed by atoms with Gasteiger partial charge in [-0.25, -0.2) is 0 Å². The van der Waals surface area contributed by atoms with E-state index in [0.717, 1.165) is 16.9 Å². The first kappa shape index (κ1) is 16.9. The van der Waals surface area contributed by atoms with Crippen LogP contribution in [0, 0.1) is 0 Å². The Morgan fingerprint density at radius 1 is 1.17 bits per heavy atom. The molecule has 2 aromatic rings. The third-order valence-corrected chi connectivity index (χ3v) is 3.68. The van der Waals surface area contributed by atoms with E-state index in [4.69, 9.17) is 4.74 Å². The van der Waals surface area contributed by atoms with Crippen molar-refractivity contribution in [3.05, 3.63) is 59.7 Å². The van der Waals surface area contributed by atoms with Crippen LogP contribution in [0.15, 0.2) is 48.5 Å². The molecule has 1 unspecified atom stereocenters. The number of benzene rings is 2. The number of phenols is 1. The Bertz CT molecular complexity index is 637. The lowest BCUT2D eigenvalue weighted by Crippen LogP contribution is -2.26. The highest BCUT2D eigenvalue weighted by Gasteiger charge is 2.10. The molecule has 0 aliphatic rings. The van der Waals surface area contributed by atoms with Gasteiger partial charge in [-0.05, 0) is 49.6 Å². The summed E-state index contributed by atoms with van der Waals surface area (Å²) in [7, 11) is 0. The maximum atomic E-state index is 12.1. The van der Waals surface area contributed by atoms with Crippen LogP contribution in [-0.4, -0.2) is 17.6 Å². The van der Waals surface area contributed by atoms with E-state index in [-0.39, 0.29) is 17.7 Å². The molecule has 0 bridgehead atoms. The molecule has 1 atom stereocenters. The topological polar surface area (TPSA) is 58.6 Å². The Morgan fingerprint density at radius 3 is 2.52 bits per heavy atom. The first-order chi connectivity index (χ1) is 11.1. The number of aromatic hydroxyl groups is 1. The largest absolute Gasteiger partial charge is 0.508 e. The molecular weight excluding hydrogens is 290 g/mol. The Morgan fingerprint density at radius 2 is 1.87 bits per heavy atom. The van der Waals surface area contributed by atoms with E-state index in [2.05, 4.69) is 5.32 Å². The summed E-state index contributed by atoms with van der Waals surface area (Å²) in [5, 5.41) is 12.7. The van der Waals surface area contributed by atoms with Crippen molar-refractivity contribution in [1.29, 1.82) is 0 Å². The van der Waals surface area contributed by atoms with Crippen LogP contribution in [0.2, 0.25) is 0 Å². The molecule has 0 heterocycles. The van der Waals surface area contributed by atoms with Crippen LogP contribution in [0.5, 0.6) is 11.5 Å². The Kier molecular flexibility index (Phi) is 6.03. The smallest absolute Gasteiger partial charge is 0.220 e. The van der Waals surface area contributed by atoms with E-state index < -0.39 is 0 Å². The van der Waals surface area contributed by atoms with Crippen LogP contribution in [0.1, 0.15) is 37.4 Å². The van der Waals surface area contributed by atoms with Crippen LogP contribution < -0.4 is 10.1 Å². The van der Waals surface area contributed by atoms with E-state index in [1.54, 1.807) is 12.1 Å². The fraction of sp³-hybridized carbons (Fsp3) is 0.316. The summed E-state index contributed by atoms with van der Waals surface area (Å²) < 4.78 is 5.41. The molecule has 0 saturated carbocycles.